The van der Waals surface area contributed by atoms with Gasteiger partial charge < -0.3 is 14.2 Å². The molecule has 126 valence electrons. The van der Waals surface area contributed by atoms with Gasteiger partial charge in [-0.1, -0.05) is 12.1 Å². The zero-order valence-corrected chi connectivity index (χ0v) is 13.8. The Hall–Kier alpha value is -2.21. The van der Waals surface area contributed by atoms with Crippen LogP contribution in [-0.2, 0) is 11.8 Å². The minimum Gasteiger partial charge on any atom is -0.381 e. The summed E-state index contributed by atoms with van der Waals surface area (Å²) in [5.41, 5.74) is 1.15. The van der Waals surface area contributed by atoms with Crippen LogP contribution in [0.2, 0.25) is 0 Å². The topological polar surface area (TPSA) is 64.4 Å². The first kappa shape index (κ1) is 15.3. The highest BCUT2D eigenvalue weighted by Crippen LogP contribution is 2.37. The van der Waals surface area contributed by atoms with Crippen LogP contribution in [0, 0.1) is 5.41 Å². The van der Waals surface area contributed by atoms with Gasteiger partial charge in [-0.25, -0.2) is 4.98 Å². The summed E-state index contributed by atoms with van der Waals surface area (Å²) in [4.78, 5) is 31.7. The van der Waals surface area contributed by atoms with E-state index in [2.05, 4.69) is 4.98 Å². The zero-order chi connectivity index (χ0) is 16.7. The van der Waals surface area contributed by atoms with Gasteiger partial charge in [-0.15, -0.1) is 0 Å². The average molecular weight is 327 g/mol. The van der Waals surface area contributed by atoms with Gasteiger partial charge >= 0.3 is 0 Å². The number of hydrogen-bond donors (Lipinski definition) is 0. The molecule has 1 amide bonds. The third kappa shape index (κ3) is 2.41. The molecule has 1 atom stereocenters. The maximum Gasteiger partial charge on any atom is 0.282 e. The Morgan fingerprint density at radius 3 is 2.92 bits per heavy atom. The lowest BCUT2D eigenvalue weighted by atomic mass is 9.79. The number of carbonyl (C=O) groups is 1. The molecule has 2 fully saturated rings. The minimum atomic E-state index is -0.332. The number of para-hydroxylation sites is 2. The van der Waals surface area contributed by atoms with E-state index < -0.39 is 0 Å². The number of carbonyl (C=O) groups excluding carboxylic acids is 1. The summed E-state index contributed by atoms with van der Waals surface area (Å²) in [6, 6.07) is 7.39. The smallest absolute Gasteiger partial charge is 0.282 e. The van der Waals surface area contributed by atoms with Crippen LogP contribution in [0.25, 0.3) is 11.0 Å². The predicted molar refractivity (Wildman–Crippen MR) is 90.0 cm³/mol. The normalized spacial score (nSPS) is 24.0. The summed E-state index contributed by atoms with van der Waals surface area (Å²) in [5.74, 6) is -0.257. The number of likely N-dealkylation sites (tertiary alicyclic amines) is 1. The van der Waals surface area contributed by atoms with E-state index in [0.29, 0.717) is 25.2 Å². The van der Waals surface area contributed by atoms with Gasteiger partial charge in [0.2, 0.25) is 0 Å². The Labute approximate surface area is 140 Å². The Morgan fingerprint density at radius 2 is 2.12 bits per heavy atom. The predicted octanol–water partition coefficient (Wildman–Crippen LogP) is 1.58. The van der Waals surface area contributed by atoms with Gasteiger partial charge in [-0.05, 0) is 31.4 Å². The lowest BCUT2D eigenvalue weighted by Gasteiger charge is -2.39. The van der Waals surface area contributed by atoms with E-state index in [0.717, 1.165) is 31.4 Å². The number of aryl methyl sites for hydroxylation is 1. The Balaban J connectivity index is 1.70. The molecular weight excluding hydrogens is 306 g/mol. The average Bonchev–Trinajstić information content (AvgIpc) is 3.05. The van der Waals surface area contributed by atoms with Gasteiger partial charge in [-0.3, -0.25) is 9.59 Å². The van der Waals surface area contributed by atoms with Crippen LogP contribution in [0.3, 0.4) is 0 Å². The molecule has 1 aromatic carbocycles. The molecule has 2 aromatic rings. The number of piperidine rings is 1. The summed E-state index contributed by atoms with van der Waals surface area (Å²) in [6.07, 6.45) is 3.02. The molecule has 2 saturated heterocycles. The summed E-state index contributed by atoms with van der Waals surface area (Å²) < 4.78 is 7.06. The molecule has 6 heteroatoms. The van der Waals surface area contributed by atoms with Crippen molar-refractivity contribution in [1.82, 2.24) is 14.5 Å². The van der Waals surface area contributed by atoms with Crippen molar-refractivity contribution in [3.63, 3.8) is 0 Å². The van der Waals surface area contributed by atoms with Gasteiger partial charge in [0.15, 0.2) is 5.69 Å². The Bertz CT molecular complexity index is 852. The molecule has 4 rings (SSSR count). The first-order valence-electron chi connectivity index (χ1n) is 8.42. The van der Waals surface area contributed by atoms with Crippen molar-refractivity contribution in [2.45, 2.75) is 19.3 Å². The molecule has 1 aromatic heterocycles. The van der Waals surface area contributed by atoms with Crippen LogP contribution >= 0.6 is 0 Å². The van der Waals surface area contributed by atoms with Gasteiger partial charge in [0.1, 0.15) is 0 Å². The summed E-state index contributed by atoms with van der Waals surface area (Å²) in [5, 5.41) is 0. The van der Waals surface area contributed by atoms with E-state index in [1.807, 2.05) is 24.3 Å². The van der Waals surface area contributed by atoms with Crippen molar-refractivity contribution in [2.75, 3.05) is 26.3 Å². The maximum atomic E-state index is 13.0. The lowest BCUT2D eigenvalue weighted by molar-refractivity contribution is 0.0456. The lowest BCUT2D eigenvalue weighted by Crippen LogP contribution is -2.48. The van der Waals surface area contributed by atoms with Crippen molar-refractivity contribution >= 4 is 16.9 Å². The zero-order valence-electron chi connectivity index (χ0n) is 13.8. The van der Waals surface area contributed by atoms with Crippen molar-refractivity contribution in [3.8, 4) is 0 Å². The molecule has 0 radical (unpaired) electrons. The fourth-order valence-electron chi connectivity index (χ4n) is 3.92. The van der Waals surface area contributed by atoms with E-state index in [1.165, 1.54) is 4.57 Å². The van der Waals surface area contributed by atoms with Crippen molar-refractivity contribution in [3.05, 3.63) is 40.3 Å². The first-order chi connectivity index (χ1) is 11.6. The molecule has 2 aliphatic heterocycles. The van der Waals surface area contributed by atoms with Crippen LogP contribution in [0.15, 0.2) is 29.1 Å². The number of nitrogens with zero attached hydrogens (tertiary/aromatic N) is 3. The molecular formula is C18H21N3O3. The minimum absolute atomic E-state index is 0.0205. The van der Waals surface area contributed by atoms with Crippen LogP contribution < -0.4 is 5.56 Å². The highest BCUT2D eigenvalue weighted by Gasteiger charge is 2.41. The van der Waals surface area contributed by atoms with Crippen molar-refractivity contribution in [2.24, 2.45) is 12.5 Å². The van der Waals surface area contributed by atoms with E-state index in [4.69, 9.17) is 4.74 Å². The van der Waals surface area contributed by atoms with Crippen molar-refractivity contribution in [1.29, 1.82) is 0 Å². The van der Waals surface area contributed by atoms with Crippen LogP contribution in [0.5, 0.6) is 0 Å². The Kier molecular flexibility index (Phi) is 3.64. The molecule has 1 spiro atoms. The fraction of sp³-hybridized carbons (Fsp3) is 0.500. The van der Waals surface area contributed by atoms with Gasteiger partial charge in [0, 0.05) is 32.2 Å². The SMILES string of the molecule is Cn1c(=O)c(C(=O)N2CCCC3(CCOC3)C2)nc2ccccc21. The Morgan fingerprint density at radius 1 is 1.29 bits per heavy atom. The highest BCUT2D eigenvalue weighted by atomic mass is 16.5. The number of amides is 1. The second-order valence-electron chi connectivity index (χ2n) is 6.95. The summed E-state index contributed by atoms with van der Waals surface area (Å²) in [6.45, 7) is 2.81. The van der Waals surface area contributed by atoms with Crippen molar-refractivity contribution < 1.29 is 9.53 Å². The van der Waals surface area contributed by atoms with E-state index in [9.17, 15) is 9.59 Å². The van der Waals surface area contributed by atoms with E-state index in [-0.39, 0.29) is 22.6 Å². The van der Waals surface area contributed by atoms with Gasteiger partial charge in [0.05, 0.1) is 17.6 Å². The number of ether oxygens (including phenoxy) is 1. The van der Waals surface area contributed by atoms with Crippen LogP contribution in [0.4, 0.5) is 0 Å². The molecule has 24 heavy (non-hydrogen) atoms. The van der Waals surface area contributed by atoms with Crippen LogP contribution in [0.1, 0.15) is 29.8 Å². The monoisotopic (exact) mass is 327 g/mol. The molecule has 0 saturated carbocycles. The molecule has 6 nitrogen and oxygen atoms in total. The highest BCUT2D eigenvalue weighted by molar-refractivity contribution is 5.94. The number of fused-ring (bicyclic) bond motifs is 1. The molecule has 0 N–H and O–H groups in total. The van der Waals surface area contributed by atoms with E-state index >= 15 is 0 Å². The number of hydrogen-bond acceptors (Lipinski definition) is 4. The second kappa shape index (κ2) is 5.70. The molecule has 1 unspecified atom stereocenters. The first-order valence-corrected chi connectivity index (χ1v) is 8.42. The third-order valence-electron chi connectivity index (χ3n) is 5.32. The van der Waals surface area contributed by atoms with Gasteiger partial charge in [-0.2, -0.15) is 0 Å². The standard InChI is InChI=1S/C18H21N3O3/c1-20-14-6-3-2-5-13(14)19-15(16(20)22)17(23)21-9-4-7-18(11-21)8-10-24-12-18/h2-3,5-6H,4,7-12H2,1H3. The molecule has 2 aliphatic rings. The van der Waals surface area contributed by atoms with E-state index in [1.54, 1.807) is 11.9 Å². The fourth-order valence-corrected chi connectivity index (χ4v) is 3.92. The molecule has 0 aliphatic carbocycles. The largest absolute Gasteiger partial charge is 0.381 e. The quantitative estimate of drug-likeness (QED) is 0.798. The maximum absolute atomic E-state index is 13.0. The number of aromatic nitrogens is 2. The summed E-state index contributed by atoms with van der Waals surface area (Å²) in [7, 11) is 1.69. The number of benzene rings is 1. The molecule has 3 heterocycles. The van der Waals surface area contributed by atoms with Gasteiger partial charge in [0.25, 0.3) is 11.5 Å². The second-order valence-corrected chi connectivity index (χ2v) is 6.95. The number of rotatable bonds is 1. The van der Waals surface area contributed by atoms with Crippen LogP contribution in [-0.4, -0.2) is 46.7 Å². The third-order valence-corrected chi connectivity index (χ3v) is 5.32. The molecule has 0 bridgehead atoms. The summed E-state index contributed by atoms with van der Waals surface area (Å²) >= 11 is 0.